The van der Waals surface area contributed by atoms with E-state index in [1.54, 1.807) is 0 Å². The zero-order valence-electron chi connectivity index (χ0n) is 14.0. The minimum atomic E-state index is 0.321. The summed E-state index contributed by atoms with van der Waals surface area (Å²) in [4.78, 5) is 10.1. The smallest absolute Gasteiger partial charge is 0.129 e. The van der Waals surface area contributed by atoms with Crippen molar-refractivity contribution in [3.63, 3.8) is 0 Å². The molecule has 3 rings (SSSR count). The third kappa shape index (κ3) is 3.25. The molecule has 1 N–H and O–H groups in total. The Hall–Kier alpha value is -0.650. The molecule has 0 aromatic carbocycles. The highest BCUT2D eigenvalue weighted by atomic mass is 15.6. The summed E-state index contributed by atoms with van der Waals surface area (Å²) in [6.07, 6.45) is 2.87. The SMILES string of the molecule is CC(C)N1CCC(C2N=C3CN(C(C)C)CCN3N2)CC1. The third-order valence-corrected chi connectivity index (χ3v) is 5.32. The fourth-order valence-electron chi connectivity index (χ4n) is 3.71. The molecular weight excluding hydrogens is 262 g/mol. The van der Waals surface area contributed by atoms with Gasteiger partial charge >= 0.3 is 0 Å². The van der Waals surface area contributed by atoms with Crippen LogP contribution in [0.4, 0.5) is 0 Å². The molecular formula is C16H31N5. The van der Waals surface area contributed by atoms with E-state index in [9.17, 15) is 0 Å². The highest BCUT2D eigenvalue weighted by Crippen LogP contribution is 2.26. The van der Waals surface area contributed by atoms with Crippen LogP contribution in [0.3, 0.4) is 0 Å². The van der Waals surface area contributed by atoms with Crippen molar-refractivity contribution in [2.45, 2.75) is 58.8 Å². The first kappa shape index (κ1) is 15.3. The van der Waals surface area contributed by atoms with Crippen LogP contribution in [0.25, 0.3) is 0 Å². The van der Waals surface area contributed by atoms with E-state index in [-0.39, 0.29) is 0 Å². The minimum absolute atomic E-state index is 0.321. The number of hydrogen-bond acceptors (Lipinski definition) is 5. The normalized spacial score (nSPS) is 29.3. The lowest BCUT2D eigenvalue weighted by Gasteiger charge is -2.37. The predicted octanol–water partition coefficient (Wildman–Crippen LogP) is 1.38. The molecule has 2 saturated heterocycles. The van der Waals surface area contributed by atoms with Crippen LogP contribution in [-0.4, -0.2) is 71.6 Å². The van der Waals surface area contributed by atoms with Crippen molar-refractivity contribution >= 4 is 5.84 Å². The topological polar surface area (TPSA) is 34.1 Å². The van der Waals surface area contributed by atoms with Gasteiger partial charge in [0.15, 0.2) is 0 Å². The lowest BCUT2D eigenvalue weighted by Crippen LogP contribution is -2.55. The molecule has 5 heteroatoms. The van der Waals surface area contributed by atoms with Crippen molar-refractivity contribution in [1.82, 2.24) is 20.2 Å². The molecule has 120 valence electrons. The maximum absolute atomic E-state index is 5.01. The van der Waals surface area contributed by atoms with Crippen LogP contribution in [0.15, 0.2) is 4.99 Å². The Morgan fingerprint density at radius 3 is 2.24 bits per heavy atom. The van der Waals surface area contributed by atoms with Gasteiger partial charge in [-0.15, -0.1) is 0 Å². The number of hydrogen-bond donors (Lipinski definition) is 1. The Kier molecular flexibility index (Phi) is 4.52. The van der Waals surface area contributed by atoms with Crippen molar-refractivity contribution < 1.29 is 0 Å². The summed E-state index contributed by atoms with van der Waals surface area (Å²) >= 11 is 0. The number of nitrogens with one attached hydrogen (secondary N) is 1. The summed E-state index contributed by atoms with van der Waals surface area (Å²) in [5, 5.41) is 2.30. The van der Waals surface area contributed by atoms with Gasteiger partial charge in [-0.25, -0.2) is 10.4 Å². The highest BCUT2D eigenvalue weighted by molar-refractivity contribution is 5.86. The van der Waals surface area contributed by atoms with Crippen molar-refractivity contribution in [3.05, 3.63) is 0 Å². The number of nitrogens with zero attached hydrogens (tertiary/aromatic N) is 4. The van der Waals surface area contributed by atoms with Gasteiger partial charge < -0.3 is 4.90 Å². The Morgan fingerprint density at radius 1 is 0.952 bits per heavy atom. The predicted molar refractivity (Wildman–Crippen MR) is 87.2 cm³/mol. The van der Waals surface area contributed by atoms with Gasteiger partial charge in [0.25, 0.3) is 0 Å². The molecule has 1 atom stereocenters. The number of likely N-dealkylation sites (tertiary alicyclic amines) is 1. The van der Waals surface area contributed by atoms with Crippen molar-refractivity contribution in [2.24, 2.45) is 10.9 Å². The summed E-state index contributed by atoms with van der Waals surface area (Å²) in [5.74, 6) is 1.96. The van der Waals surface area contributed by atoms with E-state index in [4.69, 9.17) is 4.99 Å². The molecule has 0 aromatic heterocycles. The molecule has 0 aliphatic carbocycles. The second-order valence-electron chi connectivity index (χ2n) is 7.30. The Bertz CT molecular complexity index is 384. The maximum Gasteiger partial charge on any atom is 0.129 e. The molecule has 21 heavy (non-hydrogen) atoms. The van der Waals surface area contributed by atoms with E-state index in [0.717, 1.165) is 19.6 Å². The second kappa shape index (κ2) is 6.23. The van der Waals surface area contributed by atoms with Gasteiger partial charge in [-0.05, 0) is 59.5 Å². The molecule has 0 amide bonds. The van der Waals surface area contributed by atoms with Gasteiger partial charge in [-0.2, -0.15) is 0 Å². The number of piperidine rings is 1. The van der Waals surface area contributed by atoms with Gasteiger partial charge in [0.05, 0.1) is 6.54 Å². The highest BCUT2D eigenvalue weighted by Gasteiger charge is 2.35. The van der Waals surface area contributed by atoms with E-state index < -0.39 is 0 Å². The molecule has 0 bridgehead atoms. The fourth-order valence-corrected chi connectivity index (χ4v) is 3.71. The molecule has 3 aliphatic heterocycles. The van der Waals surface area contributed by atoms with Crippen LogP contribution in [0.5, 0.6) is 0 Å². The monoisotopic (exact) mass is 293 g/mol. The molecule has 1 unspecified atom stereocenters. The standard InChI is InChI=1S/C16H31N5/c1-12(2)19-7-5-14(6-8-19)16-17-15-11-20(13(3)4)9-10-21(15)18-16/h12-14,16,18H,5-11H2,1-4H3. The van der Waals surface area contributed by atoms with Crippen molar-refractivity contribution in [2.75, 3.05) is 32.7 Å². The van der Waals surface area contributed by atoms with Crippen molar-refractivity contribution in [1.29, 1.82) is 0 Å². The first-order valence-electron chi connectivity index (χ1n) is 8.63. The second-order valence-corrected chi connectivity index (χ2v) is 7.30. The van der Waals surface area contributed by atoms with Gasteiger partial charge in [-0.1, -0.05) is 0 Å². The Balaban J connectivity index is 1.57. The number of amidine groups is 1. The fraction of sp³-hybridized carbons (Fsp3) is 0.938. The number of hydrazine groups is 1. The van der Waals surface area contributed by atoms with E-state index in [0.29, 0.717) is 24.2 Å². The Labute approximate surface area is 129 Å². The lowest BCUT2D eigenvalue weighted by molar-refractivity contribution is 0.113. The van der Waals surface area contributed by atoms with Crippen LogP contribution >= 0.6 is 0 Å². The molecule has 0 spiro atoms. The number of fused-ring (bicyclic) bond motifs is 1. The van der Waals surface area contributed by atoms with Crippen LogP contribution < -0.4 is 5.43 Å². The van der Waals surface area contributed by atoms with Gasteiger partial charge in [0, 0.05) is 25.2 Å². The first-order chi connectivity index (χ1) is 10.0. The van der Waals surface area contributed by atoms with E-state index in [2.05, 4.69) is 47.9 Å². The molecule has 0 aromatic rings. The number of rotatable bonds is 3. The van der Waals surface area contributed by atoms with Gasteiger partial charge in [-0.3, -0.25) is 9.91 Å². The van der Waals surface area contributed by atoms with Crippen molar-refractivity contribution in [3.8, 4) is 0 Å². The van der Waals surface area contributed by atoms with Crippen LogP contribution in [-0.2, 0) is 0 Å². The Morgan fingerprint density at radius 2 is 1.62 bits per heavy atom. The zero-order chi connectivity index (χ0) is 15.0. The van der Waals surface area contributed by atoms with E-state index in [1.165, 1.54) is 31.8 Å². The summed E-state index contributed by atoms with van der Waals surface area (Å²) in [6, 6.07) is 1.29. The van der Waals surface area contributed by atoms with Crippen LogP contribution in [0.2, 0.25) is 0 Å². The molecule has 2 fully saturated rings. The molecule has 3 aliphatic rings. The summed E-state index contributed by atoms with van der Waals surface area (Å²) in [7, 11) is 0. The van der Waals surface area contributed by atoms with Gasteiger partial charge in [0.1, 0.15) is 12.0 Å². The van der Waals surface area contributed by atoms with E-state index >= 15 is 0 Å². The van der Waals surface area contributed by atoms with Crippen LogP contribution in [0.1, 0.15) is 40.5 Å². The molecule has 5 nitrogen and oxygen atoms in total. The van der Waals surface area contributed by atoms with Gasteiger partial charge in [0.2, 0.25) is 0 Å². The lowest BCUT2D eigenvalue weighted by atomic mass is 9.93. The average molecular weight is 293 g/mol. The zero-order valence-corrected chi connectivity index (χ0v) is 14.0. The summed E-state index contributed by atoms with van der Waals surface area (Å²) in [6.45, 7) is 14.8. The maximum atomic E-state index is 5.01. The molecule has 0 radical (unpaired) electrons. The average Bonchev–Trinajstić information content (AvgIpc) is 2.90. The largest absolute Gasteiger partial charge is 0.301 e. The third-order valence-electron chi connectivity index (χ3n) is 5.32. The quantitative estimate of drug-likeness (QED) is 0.852. The summed E-state index contributed by atoms with van der Waals surface area (Å²) in [5.41, 5.74) is 3.65. The summed E-state index contributed by atoms with van der Waals surface area (Å²) < 4.78 is 0. The van der Waals surface area contributed by atoms with E-state index in [1.807, 2.05) is 0 Å². The number of piperazine rings is 1. The first-order valence-corrected chi connectivity index (χ1v) is 8.63. The molecule has 3 heterocycles. The molecule has 0 saturated carbocycles. The minimum Gasteiger partial charge on any atom is -0.301 e. The number of aliphatic imine (C=N–C) groups is 1. The van der Waals surface area contributed by atoms with Crippen LogP contribution in [0, 0.1) is 5.92 Å².